The zero-order valence-corrected chi connectivity index (χ0v) is 10.4. The van der Waals surface area contributed by atoms with Gasteiger partial charge in [0, 0.05) is 5.56 Å². The summed E-state index contributed by atoms with van der Waals surface area (Å²) in [6, 6.07) is 9.47. The van der Waals surface area contributed by atoms with Crippen molar-refractivity contribution in [1.82, 2.24) is 0 Å². The molecule has 0 aliphatic carbocycles. The minimum absolute atomic E-state index is 0.0658. The Balaban J connectivity index is 2.00. The largest absolute Gasteiger partial charge is 0.504 e. The molecule has 102 valence electrons. The van der Waals surface area contributed by atoms with E-state index < -0.39 is 23.4 Å². The fourth-order valence-corrected chi connectivity index (χ4v) is 2.27. The number of hydrogen-bond acceptors (Lipinski definition) is 5. The third-order valence-corrected chi connectivity index (χ3v) is 3.29. The molecule has 20 heavy (non-hydrogen) atoms. The van der Waals surface area contributed by atoms with Gasteiger partial charge in [-0.25, -0.2) is 0 Å². The molecule has 0 radical (unpaired) electrons. The second-order valence-corrected chi connectivity index (χ2v) is 4.64. The SMILES string of the molecule is O=C1CC(c2cc(O)c(O)c(O)c2)Oc2ccccc21. The fraction of sp³-hybridized carbons (Fsp3) is 0.133. The third kappa shape index (κ3) is 1.93. The standard InChI is InChI=1S/C15H12O5/c16-10-7-14(20-13-4-2-1-3-9(10)13)8-5-11(17)15(19)12(18)6-8/h1-6,14,17-19H,7H2. The number of carbonyl (C=O) groups excluding carboxylic acids is 1. The van der Waals surface area contributed by atoms with Crippen LogP contribution in [0.25, 0.3) is 0 Å². The van der Waals surface area contributed by atoms with Crippen LogP contribution in [0.3, 0.4) is 0 Å². The van der Waals surface area contributed by atoms with Crippen LogP contribution in [-0.2, 0) is 0 Å². The molecule has 0 saturated carbocycles. The molecular formula is C15H12O5. The number of rotatable bonds is 1. The summed E-state index contributed by atoms with van der Waals surface area (Å²) < 4.78 is 5.71. The number of carbonyl (C=O) groups is 1. The highest BCUT2D eigenvalue weighted by Gasteiger charge is 2.28. The van der Waals surface area contributed by atoms with Crippen molar-refractivity contribution in [2.45, 2.75) is 12.5 Å². The maximum absolute atomic E-state index is 12.1. The van der Waals surface area contributed by atoms with Crippen molar-refractivity contribution >= 4 is 5.78 Å². The fourth-order valence-electron chi connectivity index (χ4n) is 2.27. The molecule has 1 aliphatic heterocycles. The average molecular weight is 272 g/mol. The van der Waals surface area contributed by atoms with Crippen molar-refractivity contribution in [2.24, 2.45) is 0 Å². The minimum Gasteiger partial charge on any atom is -0.504 e. The number of fused-ring (bicyclic) bond motifs is 1. The molecule has 1 unspecified atom stereocenters. The first kappa shape index (κ1) is 12.3. The van der Waals surface area contributed by atoms with Crippen LogP contribution in [-0.4, -0.2) is 21.1 Å². The van der Waals surface area contributed by atoms with Crippen LogP contribution in [0.15, 0.2) is 36.4 Å². The van der Waals surface area contributed by atoms with Gasteiger partial charge in [0.25, 0.3) is 0 Å². The minimum atomic E-state index is -0.602. The molecule has 3 N–H and O–H groups in total. The molecule has 5 heteroatoms. The molecule has 0 bridgehead atoms. The van der Waals surface area contributed by atoms with E-state index in [0.717, 1.165) is 0 Å². The van der Waals surface area contributed by atoms with Crippen molar-refractivity contribution < 1.29 is 24.9 Å². The first-order valence-corrected chi connectivity index (χ1v) is 6.10. The highest BCUT2D eigenvalue weighted by molar-refractivity contribution is 6.00. The number of Topliss-reactive ketones (excluding diaryl/α,β-unsaturated/α-hetero) is 1. The summed E-state index contributed by atoms with van der Waals surface area (Å²) in [5.74, 6) is -1.08. The summed E-state index contributed by atoms with van der Waals surface area (Å²) in [6.45, 7) is 0. The van der Waals surface area contributed by atoms with E-state index in [-0.39, 0.29) is 12.2 Å². The van der Waals surface area contributed by atoms with E-state index in [1.54, 1.807) is 24.3 Å². The van der Waals surface area contributed by atoms with Gasteiger partial charge in [-0.15, -0.1) is 0 Å². The Morgan fingerprint density at radius 1 is 1.05 bits per heavy atom. The number of aromatic hydroxyl groups is 3. The van der Waals surface area contributed by atoms with Crippen molar-refractivity contribution in [1.29, 1.82) is 0 Å². The quantitative estimate of drug-likeness (QED) is 0.694. The molecule has 0 saturated heterocycles. The molecule has 5 nitrogen and oxygen atoms in total. The monoisotopic (exact) mass is 272 g/mol. The van der Waals surface area contributed by atoms with Gasteiger partial charge >= 0.3 is 0 Å². The van der Waals surface area contributed by atoms with Crippen LogP contribution in [0.2, 0.25) is 0 Å². The van der Waals surface area contributed by atoms with Gasteiger partial charge in [-0.2, -0.15) is 0 Å². The molecule has 0 fully saturated rings. The van der Waals surface area contributed by atoms with Gasteiger partial charge in [-0.1, -0.05) is 12.1 Å². The maximum atomic E-state index is 12.1. The zero-order chi connectivity index (χ0) is 14.3. The Hall–Kier alpha value is -2.69. The number of phenols is 3. The smallest absolute Gasteiger partial charge is 0.200 e. The second kappa shape index (κ2) is 4.45. The molecule has 0 aromatic heterocycles. The lowest BCUT2D eigenvalue weighted by Gasteiger charge is -2.25. The molecule has 3 rings (SSSR count). The first-order valence-electron chi connectivity index (χ1n) is 6.10. The number of para-hydroxylation sites is 1. The molecule has 0 amide bonds. The van der Waals surface area contributed by atoms with Crippen molar-refractivity contribution in [2.75, 3.05) is 0 Å². The number of ketones is 1. The van der Waals surface area contributed by atoms with Crippen molar-refractivity contribution in [3.63, 3.8) is 0 Å². The van der Waals surface area contributed by atoms with Gasteiger partial charge in [0.1, 0.15) is 11.9 Å². The number of ether oxygens (including phenoxy) is 1. The molecule has 2 aromatic rings. The summed E-state index contributed by atoms with van der Waals surface area (Å²) in [6.07, 6.45) is -0.490. The van der Waals surface area contributed by atoms with Crippen LogP contribution >= 0.6 is 0 Å². The topological polar surface area (TPSA) is 87.0 Å². The number of hydrogen-bond donors (Lipinski definition) is 3. The molecule has 1 atom stereocenters. The highest BCUT2D eigenvalue weighted by Crippen LogP contribution is 2.41. The molecular weight excluding hydrogens is 260 g/mol. The second-order valence-electron chi connectivity index (χ2n) is 4.64. The Labute approximate surface area is 114 Å². The van der Waals surface area contributed by atoms with Gasteiger partial charge < -0.3 is 20.1 Å². The van der Waals surface area contributed by atoms with E-state index in [4.69, 9.17) is 4.74 Å². The lowest BCUT2D eigenvalue weighted by atomic mass is 9.96. The van der Waals surface area contributed by atoms with E-state index in [9.17, 15) is 20.1 Å². The van der Waals surface area contributed by atoms with Crippen LogP contribution in [0, 0.1) is 0 Å². The molecule has 2 aromatic carbocycles. The van der Waals surface area contributed by atoms with Crippen molar-refractivity contribution in [3.05, 3.63) is 47.5 Å². The third-order valence-electron chi connectivity index (χ3n) is 3.29. The average Bonchev–Trinajstić information content (AvgIpc) is 2.44. The number of phenolic OH excluding ortho intramolecular Hbond substituents is 3. The van der Waals surface area contributed by atoms with Gasteiger partial charge in [0.15, 0.2) is 23.0 Å². The zero-order valence-electron chi connectivity index (χ0n) is 10.4. The van der Waals surface area contributed by atoms with Crippen LogP contribution < -0.4 is 4.74 Å². The Morgan fingerprint density at radius 2 is 1.70 bits per heavy atom. The van der Waals surface area contributed by atoms with E-state index in [1.807, 2.05) is 0 Å². The summed E-state index contributed by atoms with van der Waals surface area (Å²) in [5.41, 5.74) is 0.955. The summed E-state index contributed by atoms with van der Waals surface area (Å²) in [7, 11) is 0. The number of benzene rings is 2. The van der Waals surface area contributed by atoms with E-state index in [0.29, 0.717) is 16.9 Å². The van der Waals surface area contributed by atoms with E-state index >= 15 is 0 Å². The lowest BCUT2D eigenvalue weighted by Crippen LogP contribution is -2.20. The van der Waals surface area contributed by atoms with Gasteiger partial charge in [-0.05, 0) is 24.3 Å². The summed E-state index contributed by atoms with van der Waals surface area (Å²) in [4.78, 5) is 12.1. The Bertz CT molecular complexity index is 669. The Morgan fingerprint density at radius 3 is 2.40 bits per heavy atom. The normalized spacial score (nSPS) is 17.4. The van der Waals surface area contributed by atoms with Crippen LogP contribution in [0.5, 0.6) is 23.0 Å². The molecule has 1 aliphatic rings. The van der Waals surface area contributed by atoms with Crippen LogP contribution in [0.1, 0.15) is 28.4 Å². The lowest BCUT2D eigenvalue weighted by molar-refractivity contribution is 0.0849. The van der Waals surface area contributed by atoms with Gasteiger partial charge in [0.05, 0.1) is 12.0 Å². The molecule has 1 heterocycles. The van der Waals surface area contributed by atoms with E-state index in [2.05, 4.69) is 0 Å². The predicted molar refractivity (Wildman–Crippen MR) is 70.2 cm³/mol. The van der Waals surface area contributed by atoms with Crippen molar-refractivity contribution in [3.8, 4) is 23.0 Å². The molecule has 0 spiro atoms. The Kier molecular flexibility index (Phi) is 2.75. The van der Waals surface area contributed by atoms with Crippen LogP contribution in [0.4, 0.5) is 0 Å². The highest BCUT2D eigenvalue weighted by atomic mass is 16.5. The first-order chi connectivity index (χ1) is 9.56. The summed E-state index contributed by atoms with van der Waals surface area (Å²) >= 11 is 0. The predicted octanol–water partition coefficient (Wildman–Crippen LogP) is 2.51. The van der Waals surface area contributed by atoms with Gasteiger partial charge in [0.2, 0.25) is 0 Å². The van der Waals surface area contributed by atoms with Gasteiger partial charge in [-0.3, -0.25) is 4.79 Å². The maximum Gasteiger partial charge on any atom is 0.200 e. The van der Waals surface area contributed by atoms with E-state index in [1.165, 1.54) is 12.1 Å². The summed E-state index contributed by atoms with van der Waals surface area (Å²) in [5, 5.41) is 28.4.